The highest BCUT2D eigenvalue weighted by molar-refractivity contribution is 5.83. The lowest BCUT2D eigenvalue weighted by Gasteiger charge is -2.13. The van der Waals surface area contributed by atoms with Crippen LogP contribution in [-0.4, -0.2) is 4.98 Å². The van der Waals surface area contributed by atoms with E-state index in [0.29, 0.717) is 5.82 Å². The Labute approximate surface area is 118 Å². The highest BCUT2D eigenvalue weighted by Gasteiger charge is 2.08. The molecule has 0 amide bonds. The standard InChI is InChI=1S/C17H17N3/c18-16(9-12-7-8-20-17(19)10-12)15-6-5-13-3-1-2-4-14(13)11-15/h1-8,10-11,16H,9,18H2,(H2,19,20). The van der Waals surface area contributed by atoms with Gasteiger partial charge in [0.15, 0.2) is 0 Å². The summed E-state index contributed by atoms with van der Waals surface area (Å²) in [7, 11) is 0. The number of hydrogen-bond acceptors (Lipinski definition) is 3. The third kappa shape index (κ3) is 2.63. The molecule has 3 aromatic rings. The molecular formula is C17H17N3. The summed E-state index contributed by atoms with van der Waals surface area (Å²) in [5.41, 5.74) is 14.2. The number of benzene rings is 2. The van der Waals surface area contributed by atoms with Crippen LogP contribution in [0.1, 0.15) is 17.2 Å². The Morgan fingerprint density at radius 2 is 1.75 bits per heavy atom. The number of nitrogens with two attached hydrogens (primary N) is 2. The molecule has 0 aliphatic rings. The zero-order chi connectivity index (χ0) is 13.9. The molecule has 0 saturated heterocycles. The Kier molecular flexibility index (Phi) is 3.35. The molecule has 0 radical (unpaired) electrons. The molecule has 0 aliphatic heterocycles. The van der Waals surface area contributed by atoms with Gasteiger partial charge in [-0.3, -0.25) is 0 Å². The van der Waals surface area contributed by atoms with Crippen LogP contribution >= 0.6 is 0 Å². The van der Waals surface area contributed by atoms with E-state index in [9.17, 15) is 0 Å². The fourth-order valence-electron chi connectivity index (χ4n) is 2.43. The molecule has 0 saturated carbocycles. The monoisotopic (exact) mass is 263 g/mol. The van der Waals surface area contributed by atoms with Crippen molar-refractivity contribution in [3.8, 4) is 0 Å². The Morgan fingerprint density at radius 3 is 2.55 bits per heavy atom. The van der Waals surface area contributed by atoms with Crippen molar-refractivity contribution < 1.29 is 0 Å². The van der Waals surface area contributed by atoms with Crippen LogP contribution in [0.4, 0.5) is 5.82 Å². The molecule has 2 aromatic carbocycles. The van der Waals surface area contributed by atoms with Crippen molar-refractivity contribution in [2.75, 3.05) is 5.73 Å². The minimum Gasteiger partial charge on any atom is -0.384 e. The summed E-state index contributed by atoms with van der Waals surface area (Å²) in [5.74, 6) is 0.535. The third-order valence-electron chi connectivity index (χ3n) is 3.50. The second kappa shape index (κ2) is 5.31. The molecule has 3 rings (SSSR count). The molecule has 0 spiro atoms. The van der Waals surface area contributed by atoms with Gasteiger partial charge in [-0.2, -0.15) is 0 Å². The summed E-state index contributed by atoms with van der Waals surface area (Å²) in [6.45, 7) is 0. The number of rotatable bonds is 3. The van der Waals surface area contributed by atoms with Crippen LogP contribution in [0.25, 0.3) is 10.8 Å². The van der Waals surface area contributed by atoms with Crippen molar-refractivity contribution >= 4 is 16.6 Å². The summed E-state index contributed by atoms with van der Waals surface area (Å²) in [6, 6.07) is 18.5. The summed E-state index contributed by atoms with van der Waals surface area (Å²) < 4.78 is 0. The van der Waals surface area contributed by atoms with Crippen LogP contribution in [-0.2, 0) is 6.42 Å². The van der Waals surface area contributed by atoms with Crippen LogP contribution in [0.2, 0.25) is 0 Å². The minimum atomic E-state index is -0.0404. The van der Waals surface area contributed by atoms with Gasteiger partial charge in [0.1, 0.15) is 5.82 Å². The van der Waals surface area contributed by atoms with Gasteiger partial charge >= 0.3 is 0 Å². The molecule has 1 atom stereocenters. The Hall–Kier alpha value is -2.39. The maximum absolute atomic E-state index is 6.31. The number of fused-ring (bicyclic) bond motifs is 1. The third-order valence-corrected chi connectivity index (χ3v) is 3.50. The van der Waals surface area contributed by atoms with E-state index in [-0.39, 0.29) is 6.04 Å². The smallest absolute Gasteiger partial charge is 0.123 e. The number of aromatic nitrogens is 1. The van der Waals surface area contributed by atoms with Gasteiger partial charge in [-0.1, -0.05) is 36.4 Å². The van der Waals surface area contributed by atoms with Crippen LogP contribution in [0.15, 0.2) is 60.8 Å². The highest BCUT2D eigenvalue weighted by atomic mass is 14.8. The zero-order valence-corrected chi connectivity index (χ0v) is 11.2. The maximum Gasteiger partial charge on any atom is 0.123 e. The number of anilines is 1. The normalized spacial score (nSPS) is 12.4. The van der Waals surface area contributed by atoms with E-state index >= 15 is 0 Å². The van der Waals surface area contributed by atoms with E-state index in [1.54, 1.807) is 6.20 Å². The highest BCUT2D eigenvalue weighted by Crippen LogP contribution is 2.22. The zero-order valence-electron chi connectivity index (χ0n) is 11.2. The van der Waals surface area contributed by atoms with Gasteiger partial charge in [0, 0.05) is 12.2 Å². The van der Waals surface area contributed by atoms with Gasteiger partial charge in [0.05, 0.1) is 0 Å². The van der Waals surface area contributed by atoms with Gasteiger partial charge in [0.2, 0.25) is 0 Å². The molecule has 3 nitrogen and oxygen atoms in total. The minimum absolute atomic E-state index is 0.0404. The summed E-state index contributed by atoms with van der Waals surface area (Å²) >= 11 is 0. The molecule has 4 N–H and O–H groups in total. The molecule has 20 heavy (non-hydrogen) atoms. The molecule has 3 heteroatoms. The van der Waals surface area contributed by atoms with Crippen LogP contribution in [0, 0.1) is 0 Å². The van der Waals surface area contributed by atoms with Crippen molar-refractivity contribution in [2.24, 2.45) is 5.73 Å². The van der Waals surface area contributed by atoms with Crippen LogP contribution < -0.4 is 11.5 Å². The first-order valence-corrected chi connectivity index (χ1v) is 6.67. The predicted octanol–water partition coefficient (Wildman–Crippen LogP) is 3.06. The van der Waals surface area contributed by atoms with Gasteiger partial charge < -0.3 is 11.5 Å². The first-order valence-electron chi connectivity index (χ1n) is 6.67. The Balaban J connectivity index is 1.86. The Bertz CT molecular complexity index is 737. The molecule has 1 unspecified atom stereocenters. The summed E-state index contributed by atoms with van der Waals surface area (Å²) in [6.07, 6.45) is 2.48. The molecule has 1 heterocycles. The lowest BCUT2D eigenvalue weighted by molar-refractivity contribution is 0.722. The van der Waals surface area contributed by atoms with Crippen molar-refractivity contribution in [3.63, 3.8) is 0 Å². The fraction of sp³-hybridized carbons (Fsp3) is 0.118. The van der Waals surface area contributed by atoms with E-state index in [1.165, 1.54) is 10.8 Å². The van der Waals surface area contributed by atoms with E-state index < -0.39 is 0 Å². The maximum atomic E-state index is 6.31. The van der Waals surface area contributed by atoms with E-state index in [0.717, 1.165) is 17.5 Å². The lowest BCUT2D eigenvalue weighted by Crippen LogP contribution is -2.13. The number of nitrogen functional groups attached to an aromatic ring is 1. The first kappa shape index (κ1) is 12.6. The Morgan fingerprint density at radius 1 is 0.950 bits per heavy atom. The fourth-order valence-corrected chi connectivity index (χ4v) is 2.43. The van der Waals surface area contributed by atoms with Gasteiger partial charge in [0.25, 0.3) is 0 Å². The van der Waals surface area contributed by atoms with E-state index in [2.05, 4.69) is 35.3 Å². The molecular weight excluding hydrogens is 246 g/mol. The lowest BCUT2D eigenvalue weighted by atomic mass is 9.97. The molecule has 0 aliphatic carbocycles. The van der Waals surface area contributed by atoms with Gasteiger partial charge in [-0.25, -0.2) is 4.98 Å². The average Bonchev–Trinajstić information content (AvgIpc) is 2.47. The molecule has 100 valence electrons. The van der Waals surface area contributed by atoms with E-state index in [4.69, 9.17) is 11.5 Å². The second-order valence-electron chi connectivity index (χ2n) is 5.01. The molecule has 0 fully saturated rings. The van der Waals surface area contributed by atoms with E-state index in [1.807, 2.05) is 24.3 Å². The van der Waals surface area contributed by atoms with Crippen LogP contribution in [0.5, 0.6) is 0 Å². The second-order valence-corrected chi connectivity index (χ2v) is 5.01. The largest absolute Gasteiger partial charge is 0.384 e. The van der Waals surface area contributed by atoms with Crippen molar-refractivity contribution in [1.82, 2.24) is 4.98 Å². The summed E-state index contributed by atoms with van der Waals surface area (Å²) in [4.78, 5) is 4.00. The SMILES string of the molecule is Nc1cc(CC(N)c2ccc3ccccc3c2)ccn1. The van der Waals surface area contributed by atoms with Crippen LogP contribution in [0.3, 0.4) is 0 Å². The number of nitrogens with zero attached hydrogens (tertiary/aromatic N) is 1. The van der Waals surface area contributed by atoms with Crippen molar-refractivity contribution in [3.05, 3.63) is 71.9 Å². The topological polar surface area (TPSA) is 64.9 Å². The van der Waals surface area contributed by atoms with Gasteiger partial charge in [-0.15, -0.1) is 0 Å². The first-order chi connectivity index (χ1) is 9.72. The quantitative estimate of drug-likeness (QED) is 0.763. The summed E-state index contributed by atoms with van der Waals surface area (Å²) in [5, 5.41) is 2.45. The number of hydrogen-bond donors (Lipinski definition) is 2. The average molecular weight is 263 g/mol. The van der Waals surface area contributed by atoms with Gasteiger partial charge in [-0.05, 0) is 46.5 Å². The molecule has 1 aromatic heterocycles. The number of pyridine rings is 1. The van der Waals surface area contributed by atoms with Crippen molar-refractivity contribution in [2.45, 2.75) is 12.5 Å². The van der Waals surface area contributed by atoms with Crippen molar-refractivity contribution in [1.29, 1.82) is 0 Å². The molecule has 0 bridgehead atoms. The predicted molar refractivity (Wildman–Crippen MR) is 83.2 cm³/mol.